The molecule has 148 valence electrons. The number of halogens is 1. The molecular weight excluding hydrogens is 411 g/mol. The van der Waals surface area contributed by atoms with Crippen molar-refractivity contribution in [2.24, 2.45) is 0 Å². The van der Waals surface area contributed by atoms with Crippen LogP contribution >= 0.6 is 19.4 Å². The molecule has 0 fully saturated rings. The largest absolute Gasteiger partial charge is 0.530 e. The van der Waals surface area contributed by atoms with E-state index >= 15 is 0 Å². The number of hydrogen-bond acceptors (Lipinski definition) is 7. The molecule has 3 atom stereocenters. The number of aromatic nitrogens is 2. The third-order valence-corrected chi connectivity index (χ3v) is 5.96. The molecular formula is C17H16ClN2O7P. The molecule has 0 spiro atoms. The van der Waals surface area contributed by atoms with E-state index in [1.54, 1.807) is 37.3 Å². The Morgan fingerprint density at radius 1 is 1.36 bits per heavy atom. The number of nitrogens with zero attached hydrogens (tertiary/aromatic N) is 1. The first kappa shape index (κ1) is 19.2. The van der Waals surface area contributed by atoms with Gasteiger partial charge in [0.05, 0.1) is 13.2 Å². The van der Waals surface area contributed by atoms with Crippen molar-refractivity contribution in [1.82, 2.24) is 9.55 Å². The molecule has 1 N–H and O–H groups in total. The van der Waals surface area contributed by atoms with Crippen LogP contribution < -0.4 is 15.8 Å². The smallest absolute Gasteiger partial charge is 0.404 e. The molecule has 11 heteroatoms. The molecule has 0 aliphatic carbocycles. The number of fused-ring (bicyclic) bond motifs is 1. The molecule has 1 aromatic heterocycles. The zero-order chi connectivity index (χ0) is 19.9. The fourth-order valence-corrected chi connectivity index (χ4v) is 4.23. The summed E-state index contributed by atoms with van der Waals surface area (Å²) in [6.45, 7) is 1.47. The topological polar surface area (TPSA) is 109 Å². The van der Waals surface area contributed by atoms with E-state index in [0.717, 1.165) is 0 Å². The van der Waals surface area contributed by atoms with Gasteiger partial charge in [-0.2, -0.15) is 0 Å². The molecule has 1 aromatic carbocycles. The zero-order valence-corrected chi connectivity index (χ0v) is 16.3. The van der Waals surface area contributed by atoms with Crippen molar-refractivity contribution < 1.29 is 22.9 Å². The van der Waals surface area contributed by atoms with Gasteiger partial charge in [-0.05, 0) is 25.1 Å². The Hall–Kier alpha value is -2.16. The highest BCUT2D eigenvalue weighted by atomic mass is 35.5. The second-order valence-electron chi connectivity index (χ2n) is 6.25. The molecule has 2 aliphatic heterocycles. The number of hydrogen-bond donors (Lipinski definition) is 1. The summed E-state index contributed by atoms with van der Waals surface area (Å²) in [6, 6.07) is 4.99. The van der Waals surface area contributed by atoms with Crippen molar-refractivity contribution in [1.29, 1.82) is 0 Å². The third-order valence-electron chi connectivity index (χ3n) is 4.27. The van der Waals surface area contributed by atoms with E-state index in [2.05, 4.69) is 4.98 Å². The van der Waals surface area contributed by atoms with Gasteiger partial charge in [-0.3, -0.25) is 23.4 Å². The first-order valence-corrected chi connectivity index (χ1v) is 10.2. The van der Waals surface area contributed by atoms with E-state index in [0.29, 0.717) is 21.9 Å². The highest BCUT2D eigenvalue weighted by Gasteiger charge is 2.36. The Kier molecular flexibility index (Phi) is 5.03. The van der Waals surface area contributed by atoms with E-state index in [-0.39, 0.29) is 13.2 Å². The quantitative estimate of drug-likeness (QED) is 0.591. The van der Waals surface area contributed by atoms with Gasteiger partial charge in [0.15, 0.2) is 6.23 Å². The van der Waals surface area contributed by atoms with Crippen LogP contribution in [0, 0.1) is 6.92 Å². The molecule has 0 saturated carbocycles. The molecule has 2 aromatic rings. The summed E-state index contributed by atoms with van der Waals surface area (Å²) >= 11 is 6.05. The SMILES string of the molecule is Cc1cn(C2C=CC(COP3(=O)OCc4c(Cl)cccc4O3)O2)c(=O)[nH]c1=O. The first-order valence-electron chi connectivity index (χ1n) is 8.36. The number of phosphoric acid groups is 1. The first-order chi connectivity index (χ1) is 13.3. The van der Waals surface area contributed by atoms with Crippen LogP contribution in [0.15, 0.2) is 46.1 Å². The van der Waals surface area contributed by atoms with E-state index in [9.17, 15) is 14.2 Å². The Bertz CT molecular complexity index is 1110. The summed E-state index contributed by atoms with van der Waals surface area (Å²) in [5, 5.41) is 0.454. The van der Waals surface area contributed by atoms with Crippen molar-refractivity contribution in [2.45, 2.75) is 25.9 Å². The Morgan fingerprint density at radius 3 is 3.00 bits per heavy atom. The lowest BCUT2D eigenvalue weighted by atomic mass is 10.2. The van der Waals surface area contributed by atoms with E-state index in [1.165, 1.54) is 10.8 Å². The summed E-state index contributed by atoms with van der Waals surface area (Å²) < 4.78 is 35.6. The van der Waals surface area contributed by atoms with Crippen LogP contribution in [0.5, 0.6) is 5.75 Å². The van der Waals surface area contributed by atoms with Gasteiger partial charge in [-0.1, -0.05) is 23.7 Å². The lowest BCUT2D eigenvalue weighted by Gasteiger charge is -2.26. The number of phosphoric ester groups is 1. The maximum Gasteiger partial charge on any atom is 0.530 e. The summed E-state index contributed by atoms with van der Waals surface area (Å²) in [5.41, 5.74) is -0.0635. The van der Waals surface area contributed by atoms with Crippen LogP contribution in [0.25, 0.3) is 0 Å². The van der Waals surface area contributed by atoms with Gasteiger partial charge in [0.25, 0.3) is 5.56 Å². The monoisotopic (exact) mass is 426 g/mol. The molecule has 0 saturated heterocycles. The second-order valence-corrected chi connectivity index (χ2v) is 8.25. The molecule has 3 heterocycles. The van der Waals surface area contributed by atoms with E-state index in [1.807, 2.05) is 0 Å². The summed E-state index contributed by atoms with van der Waals surface area (Å²) in [6.07, 6.45) is 3.42. The lowest BCUT2D eigenvalue weighted by molar-refractivity contribution is -0.0130. The third kappa shape index (κ3) is 3.72. The second kappa shape index (κ2) is 7.35. The summed E-state index contributed by atoms with van der Waals surface area (Å²) in [7, 11) is -3.82. The van der Waals surface area contributed by atoms with Gasteiger partial charge in [0.1, 0.15) is 11.9 Å². The van der Waals surface area contributed by atoms with E-state index in [4.69, 9.17) is 29.9 Å². The average Bonchev–Trinajstić information content (AvgIpc) is 3.12. The van der Waals surface area contributed by atoms with Crippen LogP contribution in [0.3, 0.4) is 0 Å². The molecule has 9 nitrogen and oxygen atoms in total. The van der Waals surface area contributed by atoms with Crippen LogP contribution in [0.2, 0.25) is 5.02 Å². The number of benzene rings is 1. The number of aromatic amines is 1. The molecule has 0 radical (unpaired) electrons. The minimum absolute atomic E-state index is 0.00230. The fourth-order valence-electron chi connectivity index (χ4n) is 2.80. The van der Waals surface area contributed by atoms with Crippen LogP contribution in [0.1, 0.15) is 17.4 Å². The Labute approximate surface area is 164 Å². The van der Waals surface area contributed by atoms with Crippen LogP contribution in [-0.4, -0.2) is 22.3 Å². The minimum Gasteiger partial charge on any atom is -0.404 e. The van der Waals surface area contributed by atoms with Crippen LogP contribution in [-0.2, 0) is 25.0 Å². The molecule has 0 amide bonds. The van der Waals surface area contributed by atoms with E-state index < -0.39 is 31.4 Å². The standard InChI is InChI=1S/C17H16ClN2O7P/c1-10-7-20(17(22)19-16(10)21)15-6-5-11(26-15)8-24-28(23)25-9-12-13(18)3-2-4-14(12)27-28/h2-7,11,15H,8-9H2,1H3,(H,19,21,22). The highest BCUT2D eigenvalue weighted by molar-refractivity contribution is 7.49. The lowest BCUT2D eigenvalue weighted by Crippen LogP contribution is -2.33. The van der Waals surface area contributed by atoms with Crippen molar-refractivity contribution in [2.75, 3.05) is 6.61 Å². The van der Waals surface area contributed by atoms with Crippen molar-refractivity contribution in [3.05, 3.63) is 73.5 Å². The normalized spacial score (nSPS) is 26.1. The predicted molar refractivity (Wildman–Crippen MR) is 99.5 cm³/mol. The van der Waals surface area contributed by atoms with Gasteiger partial charge in [0, 0.05) is 22.3 Å². The molecule has 4 rings (SSSR count). The van der Waals surface area contributed by atoms with Crippen molar-refractivity contribution in [3.63, 3.8) is 0 Å². The molecule has 0 bridgehead atoms. The van der Waals surface area contributed by atoms with Gasteiger partial charge >= 0.3 is 13.5 Å². The van der Waals surface area contributed by atoms with Gasteiger partial charge in [-0.15, -0.1) is 0 Å². The number of nitrogens with one attached hydrogen (secondary N) is 1. The Balaban J connectivity index is 1.40. The molecule has 2 aliphatic rings. The molecule has 28 heavy (non-hydrogen) atoms. The summed E-state index contributed by atoms with van der Waals surface area (Å²) in [5.74, 6) is 0.345. The van der Waals surface area contributed by atoms with Gasteiger partial charge < -0.3 is 9.26 Å². The maximum atomic E-state index is 12.7. The number of H-pyrrole nitrogens is 1. The molecule has 3 unspecified atom stereocenters. The van der Waals surface area contributed by atoms with Crippen LogP contribution in [0.4, 0.5) is 0 Å². The van der Waals surface area contributed by atoms with Gasteiger partial charge in [0.2, 0.25) is 0 Å². The van der Waals surface area contributed by atoms with Gasteiger partial charge in [-0.25, -0.2) is 9.36 Å². The number of rotatable bonds is 4. The highest BCUT2D eigenvalue weighted by Crippen LogP contribution is 2.55. The zero-order valence-electron chi connectivity index (χ0n) is 14.7. The predicted octanol–water partition coefficient (Wildman–Crippen LogP) is 2.69. The number of aryl methyl sites for hydroxylation is 1. The number of ether oxygens (including phenoxy) is 1. The maximum absolute atomic E-state index is 12.7. The fraction of sp³-hybridized carbons (Fsp3) is 0.294. The Morgan fingerprint density at radius 2 is 2.18 bits per heavy atom. The van der Waals surface area contributed by atoms with Crippen molar-refractivity contribution >= 4 is 19.4 Å². The average molecular weight is 427 g/mol. The van der Waals surface area contributed by atoms with Crippen molar-refractivity contribution in [3.8, 4) is 5.75 Å². The summed E-state index contributed by atoms with van der Waals surface area (Å²) in [4.78, 5) is 25.6. The minimum atomic E-state index is -3.82.